The van der Waals surface area contributed by atoms with Gasteiger partial charge in [0.05, 0.1) is 6.10 Å². The number of benzene rings is 1. The molecular formula is C17H20N4O3. The molecule has 3 heterocycles. The maximum atomic E-state index is 10.6. The van der Waals surface area contributed by atoms with Gasteiger partial charge in [-0.25, -0.2) is 4.98 Å². The normalized spacial score (nSPS) is 22.5. The first-order valence-corrected chi connectivity index (χ1v) is 8.08. The van der Waals surface area contributed by atoms with Crippen molar-refractivity contribution in [3.63, 3.8) is 0 Å². The van der Waals surface area contributed by atoms with E-state index in [1.165, 1.54) is 0 Å². The Morgan fingerprint density at radius 1 is 1.25 bits per heavy atom. The van der Waals surface area contributed by atoms with E-state index in [4.69, 9.17) is 9.47 Å². The summed E-state index contributed by atoms with van der Waals surface area (Å²) < 4.78 is 10.8. The predicted molar refractivity (Wildman–Crippen MR) is 89.7 cm³/mol. The second-order valence-electron chi connectivity index (χ2n) is 6.01. The molecule has 1 saturated heterocycles. The van der Waals surface area contributed by atoms with Gasteiger partial charge in [0.1, 0.15) is 5.82 Å². The molecule has 1 aromatic carbocycles. The summed E-state index contributed by atoms with van der Waals surface area (Å²) in [6, 6.07) is 7.72. The van der Waals surface area contributed by atoms with Gasteiger partial charge in [0.15, 0.2) is 11.5 Å². The zero-order valence-electron chi connectivity index (χ0n) is 13.5. The Morgan fingerprint density at radius 3 is 2.96 bits per heavy atom. The predicted octanol–water partition coefficient (Wildman–Crippen LogP) is 1.60. The Morgan fingerprint density at radius 2 is 2.12 bits per heavy atom. The van der Waals surface area contributed by atoms with Crippen LogP contribution in [0.1, 0.15) is 17.9 Å². The standard InChI is InChI=1S/C17H20N4O3/c1-18-16-4-6-19-17(20-16)21-7-5-12(13(22)9-21)11-2-3-14-15(8-11)24-10-23-14/h2-4,6,8,12-13,22H,5,7,9-10H2,1H3,(H,18,19,20)/t12-,13+/m0/s1. The van der Waals surface area contributed by atoms with E-state index in [0.29, 0.717) is 12.5 Å². The minimum Gasteiger partial charge on any atom is -0.454 e. The van der Waals surface area contributed by atoms with Crippen molar-refractivity contribution in [3.8, 4) is 11.5 Å². The second-order valence-corrected chi connectivity index (χ2v) is 6.01. The van der Waals surface area contributed by atoms with Gasteiger partial charge in [0.2, 0.25) is 12.7 Å². The van der Waals surface area contributed by atoms with Gasteiger partial charge in [-0.1, -0.05) is 6.07 Å². The number of hydrogen-bond donors (Lipinski definition) is 2. The Labute approximate surface area is 140 Å². The largest absolute Gasteiger partial charge is 0.454 e. The number of piperidine rings is 1. The van der Waals surface area contributed by atoms with Crippen LogP contribution in [0.15, 0.2) is 30.5 Å². The summed E-state index contributed by atoms with van der Waals surface area (Å²) in [4.78, 5) is 10.8. The lowest BCUT2D eigenvalue weighted by molar-refractivity contribution is 0.129. The van der Waals surface area contributed by atoms with E-state index >= 15 is 0 Å². The Kier molecular flexibility index (Phi) is 3.86. The summed E-state index contributed by atoms with van der Waals surface area (Å²) in [5.74, 6) is 3.01. The van der Waals surface area contributed by atoms with Crippen LogP contribution < -0.4 is 19.7 Å². The molecule has 1 aromatic heterocycles. The molecule has 7 nitrogen and oxygen atoms in total. The number of nitrogens with zero attached hydrogens (tertiary/aromatic N) is 3. The molecule has 2 aromatic rings. The highest BCUT2D eigenvalue weighted by atomic mass is 16.7. The minimum atomic E-state index is -0.485. The molecule has 2 aliphatic heterocycles. The second kappa shape index (κ2) is 6.16. The third kappa shape index (κ3) is 2.71. The van der Waals surface area contributed by atoms with Crippen LogP contribution in [-0.4, -0.2) is 48.1 Å². The molecular weight excluding hydrogens is 308 g/mol. The van der Waals surface area contributed by atoms with Gasteiger partial charge in [0, 0.05) is 32.3 Å². The monoisotopic (exact) mass is 328 g/mol. The molecule has 0 radical (unpaired) electrons. The van der Waals surface area contributed by atoms with Crippen LogP contribution in [0.25, 0.3) is 0 Å². The summed E-state index contributed by atoms with van der Waals surface area (Å²) in [5, 5.41) is 13.7. The van der Waals surface area contributed by atoms with Crippen molar-refractivity contribution in [2.75, 3.05) is 37.1 Å². The first kappa shape index (κ1) is 15.0. The zero-order valence-corrected chi connectivity index (χ0v) is 13.5. The van der Waals surface area contributed by atoms with Gasteiger partial charge >= 0.3 is 0 Å². The molecule has 24 heavy (non-hydrogen) atoms. The Balaban J connectivity index is 1.50. The molecule has 2 N–H and O–H groups in total. The SMILES string of the molecule is CNc1ccnc(N2CC[C@@H](c3ccc4c(c3)OCO4)[C@H](O)C2)n1. The van der Waals surface area contributed by atoms with Crippen molar-refractivity contribution in [2.24, 2.45) is 0 Å². The number of aliphatic hydroxyl groups excluding tert-OH is 1. The molecule has 0 aliphatic carbocycles. The lowest BCUT2D eigenvalue weighted by atomic mass is 9.87. The average molecular weight is 328 g/mol. The van der Waals surface area contributed by atoms with Gasteiger partial charge in [0.25, 0.3) is 0 Å². The van der Waals surface area contributed by atoms with Crippen LogP contribution in [-0.2, 0) is 0 Å². The molecule has 0 bridgehead atoms. The lowest BCUT2D eigenvalue weighted by Crippen LogP contribution is -2.43. The summed E-state index contributed by atoms with van der Waals surface area (Å²) >= 11 is 0. The van der Waals surface area contributed by atoms with Gasteiger partial charge in [-0.15, -0.1) is 0 Å². The molecule has 0 saturated carbocycles. The first-order valence-electron chi connectivity index (χ1n) is 8.08. The highest BCUT2D eigenvalue weighted by Crippen LogP contribution is 2.37. The van der Waals surface area contributed by atoms with Crippen LogP contribution in [0.2, 0.25) is 0 Å². The summed E-state index contributed by atoms with van der Waals surface area (Å²) in [7, 11) is 1.83. The van der Waals surface area contributed by atoms with Crippen LogP contribution in [0.5, 0.6) is 11.5 Å². The fourth-order valence-electron chi connectivity index (χ4n) is 3.29. The molecule has 0 spiro atoms. The molecule has 0 unspecified atom stereocenters. The fraction of sp³-hybridized carbons (Fsp3) is 0.412. The molecule has 0 amide bonds. The number of rotatable bonds is 3. The Bertz CT molecular complexity index is 740. The maximum absolute atomic E-state index is 10.6. The lowest BCUT2D eigenvalue weighted by Gasteiger charge is -2.36. The van der Waals surface area contributed by atoms with E-state index in [0.717, 1.165) is 35.8 Å². The smallest absolute Gasteiger partial charge is 0.231 e. The van der Waals surface area contributed by atoms with E-state index < -0.39 is 6.10 Å². The molecule has 1 fully saturated rings. The van der Waals surface area contributed by atoms with Crippen LogP contribution in [0.4, 0.5) is 11.8 Å². The quantitative estimate of drug-likeness (QED) is 0.886. The number of ether oxygens (including phenoxy) is 2. The first-order chi connectivity index (χ1) is 11.7. The highest BCUT2D eigenvalue weighted by molar-refractivity contribution is 5.46. The average Bonchev–Trinajstić information content (AvgIpc) is 3.09. The van der Waals surface area contributed by atoms with Crippen LogP contribution in [0.3, 0.4) is 0 Å². The number of aliphatic hydroxyl groups is 1. The van der Waals surface area contributed by atoms with Crippen molar-refractivity contribution >= 4 is 11.8 Å². The van der Waals surface area contributed by atoms with Crippen molar-refractivity contribution < 1.29 is 14.6 Å². The molecule has 7 heteroatoms. The molecule has 4 rings (SSSR count). The number of anilines is 2. The van der Waals surface area contributed by atoms with Gasteiger partial charge < -0.3 is 24.8 Å². The van der Waals surface area contributed by atoms with Crippen molar-refractivity contribution in [2.45, 2.75) is 18.4 Å². The summed E-state index contributed by atoms with van der Waals surface area (Å²) in [6.07, 6.45) is 2.07. The summed E-state index contributed by atoms with van der Waals surface area (Å²) in [6.45, 7) is 1.56. The Hall–Kier alpha value is -2.54. The summed E-state index contributed by atoms with van der Waals surface area (Å²) in [5.41, 5.74) is 1.08. The van der Waals surface area contributed by atoms with Gasteiger partial charge in [-0.05, 0) is 30.2 Å². The highest BCUT2D eigenvalue weighted by Gasteiger charge is 2.31. The van der Waals surface area contributed by atoms with E-state index in [2.05, 4.69) is 15.3 Å². The molecule has 2 atom stereocenters. The maximum Gasteiger partial charge on any atom is 0.231 e. The van der Waals surface area contributed by atoms with Crippen molar-refractivity contribution in [1.29, 1.82) is 0 Å². The zero-order chi connectivity index (χ0) is 16.5. The fourth-order valence-corrected chi connectivity index (χ4v) is 3.29. The molecule has 126 valence electrons. The van der Waals surface area contributed by atoms with Gasteiger partial charge in [-0.3, -0.25) is 0 Å². The minimum absolute atomic E-state index is 0.0724. The number of β-amino-alcohol motifs (C(OH)–C–C–N with tert-alkyl or cyclic N) is 1. The van der Waals surface area contributed by atoms with E-state index in [9.17, 15) is 5.11 Å². The number of hydrogen-bond acceptors (Lipinski definition) is 7. The van der Waals surface area contributed by atoms with Crippen molar-refractivity contribution in [1.82, 2.24) is 9.97 Å². The van der Waals surface area contributed by atoms with E-state index in [1.807, 2.05) is 36.2 Å². The molecule has 2 aliphatic rings. The van der Waals surface area contributed by atoms with Crippen LogP contribution >= 0.6 is 0 Å². The third-order valence-electron chi connectivity index (χ3n) is 4.59. The topological polar surface area (TPSA) is 79.7 Å². The van der Waals surface area contributed by atoms with Gasteiger partial charge in [-0.2, -0.15) is 4.98 Å². The van der Waals surface area contributed by atoms with E-state index in [1.54, 1.807) is 6.20 Å². The number of aromatic nitrogens is 2. The van der Waals surface area contributed by atoms with Crippen molar-refractivity contribution in [3.05, 3.63) is 36.0 Å². The number of fused-ring (bicyclic) bond motifs is 1. The third-order valence-corrected chi connectivity index (χ3v) is 4.59. The van der Waals surface area contributed by atoms with Crippen LogP contribution in [0, 0.1) is 0 Å². The number of nitrogens with one attached hydrogen (secondary N) is 1. The van der Waals surface area contributed by atoms with E-state index in [-0.39, 0.29) is 12.7 Å².